The molecular weight excluding hydrogens is 438 g/mol. The summed E-state index contributed by atoms with van der Waals surface area (Å²) in [4.78, 5) is 15.6. The van der Waals surface area contributed by atoms with E-state index in [0.29, 0.717) is 29.5 Å². The minimum absolute atomic E-state index is 0.132. The van der Waals surface area contributed by atoms with Gasteiger partial charge in [-0.2, -0.15) is 0 Å². The molecule has 0 saturated carbocycles. The van der Waals surface area contributed by atoms with E-state index in [2.05, 4.69) is 52.5 Å². The second kappa shape index (κ2) is 9.60. The topological polar surface area (TPSA) is 49.8 Å². The smallest absolute Gasteiger partial charge is 0.258 e. The molecule has 0 spiro atoms. The Balaban J connectivity index is 1.49. The average Bonchev–Trinajstić information content (AvgIpc) is 3.13. The fraction of sp³-hybridized carbons (Fsp3) is 0.552. The fourth-order valence-corrected chi connectivity index (χ4v) is 11.9. The Hall–Kier alpha value is -1.95. The SMILES string of the molecule is CC(C)[Si](Oc1ccc2c(c1)CC(N1CCC(O)(c3ccccc3)CC1)C2=O)(C(C)C)C(C)C. The molecular formula is C29H41NO3Si. The summed E-state index contributed by atoms with van der Waals surface area (Å²) in [7, 11) is -2.04. The van der Waals surface area contributed by atoms with Crippen LogP contribution in [-0.2, 0) is 12.0 Å². The number of likely N-dealkylation sites (tertiary alicyclic amines) is 1. The molecule has 1 aliphatic carbocycles. The molecule has 184 valence electrons. The van der Waals surface area contributed by atoms with Gasteiger partial charge in [-0.05, 0) is 65.2 Å². The summed E-state index contributed by atoms with van der Waals surface area (Å²) in [6.07, 6.45) is 2.03. The third-order valence-corrected chi connectivity index (χ3v) is 14.4. The minimum atomic E-state index is -2.04. The molecule has 0 aromatic heterocycles. The van der Waals surface area contributed by atoms with Crippen LogP contribution < -0.4 is 4.43 Å². The summed E-state index contributed by atoms with van der Waals surface area (Å²) in [6, 6.07) is 15.9. The first kappa shape index (κ1) is 25.1. The van der Waals surface area contributed by atoms with E-state index in [-0.39, 0.29) is 11.8 Å². The summed E-state index contributed by atoms with van der Waals surface area (Å²) < 4.78 is 6.88. The number of hydrogen-bond donors (Lipinski definition) is 1. The normalized spacial score (nSPS) is 20.9. The Kier molecular flexibility index (Phi) is 7.10. The van der Waals surface area contributed by atoms with Crippen molar-refractivity contribution in [1.29, 1.82) is 0 Å². The number of Topliss-reactive ketones (excluding diaryl/α,β-unsaturated/α-hetero) is 1. The number of fused-ring (bicyclic) bond motifs is 1. The van der Waals surface area contributed by atoms with Crippen molar-refractivity contribution in [1.82, 2.24) is 4.90 Å². The molecule has 34 heavy (non-hydrogen) atoms. The molecule has 5 heteroatoms. The van der Waals surface area contributed by atoms with Crippen LogP contribution in [0.15, 0.2) is 48.5 Å². The highest BCUT2D eigenvalue weighted by molar-refractivity contribution is 6.78. The predicted octanol–water partition coefficient (Wildman–Crippen LogP) is 6.33. The van der Waals surface area contributed by atoms with Gasteiger partial charge in [-0.1, -0.05) is 71.9 Å². The second-order valence-corrected chi connectivity index (χ2v) is 16.6. The molecule has 0 bridgehead atoms. The van der Waals surface area contributed by atoms with Crippen molar-refractivity contribution in [2.24, 2.45) is 0 Å². The summed E-state index contributed by atoms with van der Waals surface area (Å²) in [5.74, 6) is 1.14. The summed E-state index contributed by atoms with van der Waals surface area (Å²) in [5, 5.41) is 11.2. The standard InChI is InChI=1S/C29H41NO3Si/c1-20(2)34(21(3)4,22(5)6)33-25-12-13-26-23(18-25)19-27(28(26)31)30-16-14-29(32,15-17-30)24-10-8-7-9-11-24/h7-13,18,20-22,27,32H,14-17,19H2,1-6H3. The van der Waals surface area contributed by atoms with E-state index in [1.807, 2.05) is 42.5 Å². The summed E-state index contributed by atoms with van der Waals surface area (Å²) in [5.41, 5.74) is 3.64. The number of ketones is 1. The Morgan fingerprint density at radius 1 is 0.941 bits per heavy atom. The van der Waals surface area contributed by atoms with E-state index in [1.165, 1.54) is 0 Å². The number of aliphatic hydroxyl groups is 1. The van der Waals surface area contributed by atoms with Crippen LogP contribution >= 0.6 is 0 Å². The van der Waals surface area contributed by atoms with Crippen LogP contribution in [0, 0.1) is 0 Å². The number of carbonyl (C=O) groups is 1. The van der Waals surface area contributed by atoms with Crippen molar-refractivity contribution in [2.45, 2.75) is 89.1 Å². The van der Waals surface area contributed by atoms with Gasteiger partial charge in [0.05, 0.1) is 11.6 Å². The first-order valence-corrected chi connectivity index (χ1v) is 15.1. The highest BCUT2D eigenvalue weighted by atomic mass is 28.4. The molecule has 1 saturated heterocycles. The number of nitrogens with zero attached hydrogens (tertiary/aromatic N) is 1. The van der Waals surface area contributed by atoms with E-state index >= 15 is 0 Å². The first-order valence-electron chi connectivity index (χ1n) is 13.0. The van der Waals surface area contributed by atoms with E-state index in [0.717, 1.165) is 42.0 Å². The van der Waals surface area contributed by atoms with Crippen LogP contribution in [0.1, 0.15) is 75.9 Å². The van der Waals surface area contributed by atoms with Crippen molar-refractivity contribution in [3.63, 3.8) is 0 Å². The van der Waals surface area contributed by atoms with E-state index < -0.39 is 13.9 Å². The zero-order valence-corrected chi connectivity index (χ0v) is 22.7. The molecule has 2 aromatic carbocycles. The molecule has 2 aliphatic rings. The van der Waals surface area contributed by atoms with E-state index in [1.54, 1.807) is 0 Å². The maximum Gasteiger partial charge on any atom is 0.258 e. The molecule has 0 radical (unpaired) electrons. The maximum absolute atomic E-state index is 13.3. The van der Waals surface area contributed by atoms with Crippen molar-refractivity contribution < 1.29 is 14.3 Å². The Morgan fingerprint density at radius 2 is 1.53 bits per heavy atom. The highest BCUT2D eigenvalue weighted by Crippen LogP contribution is 2.43. The predicted molar refractivity (Wildman–Crippen MR) is 141 cm³/mol. The second-order valence-electron chi connectivity index (χ2n) is 11.3. The van der Waals surface area contributed by atoms with Crippen LogP contribution in [0.3, 0.4) is 0 Å². The molecule has 1 unspecified atom stereocenters. The molecule has 4 rings (SSSR count). The van der Waals surface area contributed by atoms with Gasteiger partial charge in [0.15, 0.2) is 5.78 Å². The highest BCUT2D eigenvalue weighted by Gasteiger charge is 2.47. The van der Waals surface area contributed by atoms with Crippen molar-refractivity contribution >= 4 is 14.1 Å². The number of hydrogen-bond acceptors (Lipinski definition) is 4. The zero-order valence-electron chi connectivity index (χ0n) is 21.7. The number of carbonyl (C=O) groups excluding carboxylic acids is 1. The van der Waals surface area contributed by atoms with Gasteiger partial charge in [-0.15, -0.1) is 0 Å². The monoisotopic (exact) mass is 479 g/mol. The largest absolute Gasteiger partial charge is 0.543 e. The molecule has 1 atom stereocenters. The van der Waals surface area contributed by atoms with Gasteiger partial charge in [-0.25, -0.2) is 0 Å². The average molecular weight is 480 g/mol. The van der Waals surface area contributed by atoms with Crippen LogP contribution in [0.5, 0.6) is 5.75 Å². The first-order chi connectivity index (χ1) is 16.1. The van der Waals surface area contributed by atoms with Gasteiger partial charge in [0, 0.05) is 18.7 Å². The van der Waals surface area contributed by atoms with Gasteiger partial charge in [0.1, 0.15) is 5.75 Å². The minimum Gasteiger partial charge on any atom is -0.543 e. The van der Waals surface area contributed by atoms with Crippen LogP contribution in [-0.4, -0.2) is 43.2 Å². The molecule has 2 aromatic rings. The summed E-state index contributed by atoms with van der Waals surface area (Å²) >= 11 is 0. The van der Waals surface area contributed by atoms with Crippen LogP contribution in [0.2, 0.25) is 16.6 Å². The van der Waals surface area contributed by atoms with Gasteiger partial charge >= 0.3 is 0 Å². The van der Waals surface area contributed by atoms with Crippen molar-refractivity contribution in [3.05, 3.63) is 65.2 Å². The van der Waals surface area contributed by atoms with E-state index in [9.17, 15) is 9.90 Å². The molecule has 4 nitrogen and oxygen atoms in total. The molecule has 1 heterocycles. The lowest BCUT2D eigenvalue weighted by atomic mass is 9.84. The molecule has 1 aliphatic heterocycles. The van der Waals surface area contributed by atoms with Gasteiger partial charge in [0.25, 0.3) is 8.32 Å². The number of piperidine rings is 1. The molecule has 1 N–H and O–H groups in total. The molecule has 1 fully saturated rings. The Bertz CT molecular complexity index is 988. The quantitative estimate of drug-likeness (QED) is 0.471. The van der Waals surface area contributed by atoms with Crippen molar-refractivity contribution in [3.8, 4) is 5.75 Å². The van der Waals surface area contributed by atoms with E-state index in [4.69, 9.17) is 4.43 Å². The lowest BCUT2D eigenvalue weighted by Crippen LogP contribution is -2.50. The van der Waals surface area contributed by atoms with Crippen LogP contribution in [0.25, 0.3) is 0 Å². The number of rotatable bonds is 7. The van der Waals surface area contributed by atoms with Gasteiger partial charge in [0.2, 0.25) is 0 Å². The molecule has 0 amide bonds. The number of benzene rings is 2. The Morgan fingerprint density at radius 3 is 2.09 bits per heavy atom. The van der Waals surface area contributed by atoms with Crippen LogP contribution in [0.4, 0.5) is 0 Å². The fourth-order valence-electron chi connectivity index (χ4n) is 6.62. The van der Waals surface area contributed by atoms with Gasteiger partial charge < -0.3 is 9.53 Å². The zero-order chi connectivity index (χ0) is 24.7. The third kappa shape index (κ3) is 4.38. The lowest BCUT2D eigenvalue weighted by Gasteiger charge is -2.42. The van der Waals surface area contributed by atoms with Gasteiger partial charge in [-0.3, -0.25) is 9.69 Å². The lowest BCUT2D eigenvalue weighted by molar-refractivity contribution is -0.0326. The Labute approximate surface area is 206 Å². The maximum atomic E-state index is 13.3. The summed E-state index contributed by atoms with van der Waals surface area (Å²) in [6.45, 7) is 15.2. The third-order valence-electron chi connectivity index (χ3n) is 8.44. The van der Waals surface area contributed by atoms with Crippen molar-refractivity contribution in [2.75, 3.05) is 13.1 Å².